The first-order valence-electron chi connectivity index (χ1n) is 5.52. The van der Waals surface area contributed by atoms with Crippen molar-refractivity contribution in [2.24, 2.45) is 0 Å². The molecule has 3 heteroatoms. The van der Waals surface area contributed by atoms with Crippen LogP contribution in [-0.4, -0.2) is 37.0 Å². The minimum atomic E-state index is 0.317. The van der Waals surface area contributed by atoms with Gasteiger partial charge in [0.1, 0.15) is 0 Å². The van der Waals surface area contributed by atoms with Crippen molar-refractivity contribution in [1.29, 1.82) is 0 Å². The molecule has 0 unspecified atom stereocenters. The minimum Gasteiger partial charge on any atom is -0.342 e. The largest absolute Gasteiger partial charge is 0.342 e. The Bertz CT molecular complexity index is 242. The highest BCUT2D eigenvalue weighted by molar-refractivity contribution is 5.79. The Morgan fingerprint density at radius 3 is 2.86 bits per heavy atom. The monoisotopic (exact) mass is 194 g/mol. The first-order chi connectivity index (χ1) is 6.86. The van der Waals surface area contributed by atoms with Gasteiger partial charge < -0.3 is 10.2 Å². The van der Waals surface area contributed by atoms with Gasteiger partial charge in [0, 0.05) is 26.1 Å². The Kier molecular flexibility index (Phi) is 3.19. The summed E-state index contributed by atoms with van der Waals surface area (Å²) in [7, 11) is 0. The van der Waals surface area contributed by atoms with Crippen molar-refractivity contribution in [2.75, 3.05) is 26.2 Å². The minimum absolute atomic E-state index is 0.317. The summed E-state index contributed by atoms with van der Waals surface area (Å²) < 4.78 is 0. The van der Waals surface area contributed by atoms with Gasteiger partial charge in [-0.1, -0.05) is 11.6 Å². The first-order valence-corrected chi connectivity index (χ1v) is 5.52. The zero-order valence-corrected chi connectivity index (χ0v) is 8.59. The number of carbonyl (C=O) groups excluding carboxylic acids is 1. The Morgan fingerprint density at radius 2 is 2.21 bits per heavy atom. The topological polar surface area (TPSA) is 32.3 Å². The van der Waals surface area contributed by atoms with Crippen LogP contribution >= 0.6 is 0 Å². The Morgan fingerprint density at radius 1 is 1.43 bits per heavy atom. The van der Waals surface area contributed by atoms with Crippen LogP contribution in [0.15, 0.2) is 11.6 Å². The molecule has 0 aliphatic carbocycles. The molecule has 2 aliphatic rings. The highest BCUT2D eigenvalue weighted by atomic mass is 16.2. The third-order valence-electron chi connectivity index (χ3n) is 2.94. The van der Waals surface area contributed by atoms with E-state index in [4.69, 9.17) is 0 Å². The van der Waals surface area contributed by atoms with Crippen LogP contribution in [0.5, 0.6) is 0 Å². The second kappa shape index (κ2) is 4.60. The number of nitrogens with zero attached hydrogens (tertiary/aromatic N) is 1. The maximum atomic E-state index is 11.8. The van der Waals surface area contributed by atoms with Gasteiger partial charge in [0.05, 0.1) is 0 Å². The summed E-state index contributed by atoms with van der Waals surface area (Å²) in [5, 5.41) is 3.29. The SMILES string of the molecule is O=C(CC1=CCCNC1)N1CCCC1. The van der Waals surface area contributed by atoms with Gasteiger partial charge in [-0.2, -0.15) is 0 Å². The van der Waals surface area contributed by atoms with Crippen molar-refractivity contribution in [3.63, 3.8) is 0 Å². The van der Waals surface area contributed by atoms with Gasteiger partial charge in [-0.25, -0.2) is 0 Å². The van der Waals surface area contributed by atoms with Crippen LogP contribution in [0.4, 0.5) is 0 Å². The third kappa shape index (κ3) is 2.35. The quantitative estimate of drug-likeness (QED) is 0.663. The number of rotatable bonds is 2. The molecule has 0 aromatic heterocycles. The highest BCUT2D eigenvalue weighted by Crippen LogP contribution is 2.13. The van der Waals surface area contributed by atoms with Crippen molar-refractivity contribution in [1.82, 2.24) is 10.2 Å². The first kappa shape index (κ1) is 9.71. The summed E-state index contributed by atoms with van der Waals surface area (Å²) in [6, 6.07) is 0. The predicted molar refractivity (Wildman–Crippen MR) is 56.0 cm³/mol. The summed E-state index contributed by atoms with van der Waals surface area (Å²) in [6.45, 7) is 3.90. The van der Waals surface area contributed by atoms with E-state index in [1.807, 2.05) is 4.90 Å². The number of hydrogen-bond donors (Lipinski definition) is 1. The smallest absolute Gasteiger partial charge is 0.226 e. The molecule has 0 aromatic carbocycles. The van der Waals surface area contributed by atoms with E-state index in [-0.39, 0.29) is 0 Å². The van der Waals surface area contributed by atoms with E-state index in [0.29, 0.717) is 12.3 Å². The van der Waals surface area contributed by atoms with E-state index in [2.05, 4.69) is 11.4 Å². The molecule has 0 saturated carbocycles. The molecule has 3 nitrogen and oxygen atoms in total. The second-order valence-electron chi connectivity index (χ2n) is 4.09. The van der Waals surface area contributed by atoms with Crippen molar-refractivity contribution < 1.29 is 4.79 Å². The predicted octanol–water partition coefficient (Wildman–Crippen LogP) is 0.919. The number of nitrogens with one attached hydrogen (secondary N) is 1. The van der Waals surface area contributed by atoms with Crippen molar-refractivity contribution >= 4 is 5.91 Å². The van der Waals surface area contributed by atoms with Crippen LogP contribution in [0, 0.1) is 0 Å². The fourth-order valence-corrected chi connectivity index (χ4v) is 2.11. The standard InChI is InChI=1S/C11H18N2O/c14-11(13-6-1-2-7-13)8-10-4-3-5-12-9-10/h4,12H,1-3,5-9H2. The highest BCUT2D eigenvalue weighted by Gasteiger charge is 2.18. The molecular weight excluding hydrogens is 176 g/mol. The molecule has 0 bridgehead atoms. The lowest BCUT2D eigenvalue weighted by Crippen LogP contribution is -2.30. The van der Waals surface area contributed by atoms with E-state index in [9.17, 15) is 4.79 Å². The van der Waals surface area contributed by atoms with Crippen LogP contribution < -0.4 is 5.32 Å². The van der Waals surface area contributed by atoms with Crippen LogP contribution in [0.1, 0.15) is 25.7 Å². The molecule has 1 saturated heterocycles. The lowest BCUT2D eigenvalue weighted by atomic mass is 10.1. The van der Waals surface area contributed by atoms with Gasteiger partial charge in [0.2, 0.25) is 5.91 Å². The molecule has 0 radical (unpaired) electrons. The van der Waals surface area contributed by atoms with E-state index in [1.165, 1.54) is 18.4 Å². The number of likely N-dealkylation sites (tertiary alicyclic amines) is 1. The van der Waals surface area contributed by atoms with E-state index >= 15 is 0 Å². The van der Waals surface area contributed by atoms with E-state index < -0.39 is 0 Å². The molecule has 1 amide bonds. The van der Waals surface area contributed by atoms with Gasteiger partial charge in [-0.3, -0.25) is 4.79 Å². The van der Waals surface area contributed by atoms with Crippen LogP contribution in [-0.2, 0) is 4.79 Å². The summed E-state index contributed by atoms with van der Waals surface area (Å²) in [5.41, 5.74) is 1.27. The zero-order chi connectivity index (χ0) is 9.80. The molecular formula is C11H18N2O. The summed E-state index contributed by atoms with van der Waals surface area (Å²) in [5.74, 6) is 0.317. The summed E-state index contributed by atoms with van der Waals surface area (Å²) >= 11 is 0. The lowest BCUT2D eigenvalue weighted by molar-refractivity contribution is -0.129. The zero-order valence-electron chi connectivity index (χ0n) is 8.59. The molecule has 2 aliphatic heterocycles. The Balaban J connectivity index is 1.83. The summed E-state index contributed by atoms with van der Waals surface area (Å²) in [6.07, 6.45) is 6.28. The average molecular weight is 194 g/mol. The number of amides is 1. The molecule has 2 rings (SSSR count). The van der Waals surface area contributed by atoms with E-state index in [0.717, 1.165) is 32.6 Å². The molecule has 1 fully saturated rings. The fraction of sp³-hybridized carbons (Fsp3) is 0.727. The normalized spacial score (nSPS) is 22.3. The van der Waals surface area contributed by atoms with Crippen LogP contribution in [0.25, 0.3) is 0 Å². The number of carbonyl (C=O) groups is 1. The maximum Gasteiger partial charge on any atom is 0.226 e. The Labute approximate surface area is 85.2 Å². The molecule has 2 heterocycles. The average Bonchev–Trinajstić information content (AvgIpc) is 2.72. The van der Waals surface area contributed by atoms with Gasteiger partial charge in [0.15, 0.2) is 0 Å². The molecule has 78 valence electrons. The van der Waals surface area contributed by atoms with Crippen LogP contribution in [0.2, 0.25) is 0 Å². The molecule has 1 N–H and O–H groups in total. The molecule has 0 spiro atoms. The molecule has 14 heavy (non-hydrogen) atoms. The maximum absolute atomic E-state index is 11.8. The van der Waals surface area contributed by atoms with E-state index in [1.54, 1.807) is 0 Å². The molecule has 0 aromatic rings. The van der Waals surface area contributed by atoms with Crippen molar-refractivity contribution in [2.45, 2.75) is 25.7 Å². The second-order valence-corrected chi connectivity index (χ2v) is 4.09. The third-order valence-corrected chi connectivity index (χ3v) is 2.94. The van der Waals surface area contributed by atoms with Crippen molar-refractivity contribution in [3.8, 4) is 0 Å². The molecule has 0 atom stereocenters. The van der Waals surface area contributed by atoms with Gasteiger partial charge in [-0.05, 0) is 25.8 Å². The fourth-order valence-electron chi connectivity index (χ4n) is 2.11. The van der Waals surface area contributed by atoms with Crippen LogP contribution in [0.3, 0.4) is 0 Å². The van der Waals surface area contributed by atoms with Gasteiger partial charge >= 0.3 is 0 Å². The lowest BCUT2D eigenvalue weighted by Gasteiger charge is -2.18. The van der Waals surface area contributed by atoms with Gasteiger partial charge in [0.25, 0.3) is 0 Å². The number of hydrogen-bond acceptors (Lipinski definition) is 2. The van der Waals surface area contributed by atoms with Crippen molar-refractivity contribution in [3.05, 3.63) is 11.6 Å². The summed E-state index contributed by atoms with van der Waals surface area (Å²) in [4.78, 5) is 13.8. The van der Waals surface area contributed by atoms with Gasteiger partial charge in [-0.15, -0.1) is 0 Å². The Hall–Kier alpha value is -0.830.